The number of nitrogens with one attached hydrogen (secondary N) is 2. The first-order valence-electron chi connectivity index (χ1n) is 13.9. The summed E-state index contributed by atoms with van der Waals surface area (Å²) in [5.41, 5.74) is 1.84. The first kappa shape index (κ1) is 33.4. The van der Waals surface area contributed by atoms with E-state index in [9.17, 15) is 14.9 Å². The van der Waals surface area contributed by atoms with Gasteiger partial charge in [0.15, 0.2) is 0 Å². The molecule has 0 bridgehead atoms. The average molecular weight is 602 g/mol. The molecule has 1 aliphatic rings. The zero-order chi connectivity index (χ0) is 31.2. The fourth-order valence-electron chi connectivity index (χ4n) is 4.05. The summed E-state index contributed by atoms with van der Waals surface area (Å²) < 4.78 is 5.91. The van der Waals surface area contributed by atoms with E-state index in [1.807, 2.05) is 27.0 Å². The maximum atomic E-state index is 12.8. The minimum Gasteiger partial charge on any atom is -0.439 e. The highest BCUT2D eigenvalue weighted by atomic mass is 32.2. The number of amides is 1. The zero-order valence-electron chi connectivity index (χ0n) is 25.2. The molecule has 1 aliphatic heterocycles. The smallest absolute Gasteiger partial charge is 0.255 e. The van der Waals surface area contributed by atoms with Crippen LogP contribution in [0, 0.1) is 11.3 Å². The SMILES string of the molecule is C=Nc1ccc(Oc2cccc(NC(=O)c3cccc(C(C)(C)C#N)c3)c2)nc1SCNC.CN1CCN(CC=O)CC1. The fraction of sp³-hybridized carbons (Fsp3) is 0.344. The molecule has 0 atom stereocenters. The Balaban J connectivity index is 0.000000428. The number of hydrogen-bond acceptors (Lipinski definition) is 10. The number of likely N-dealkylation sites (N-methyl/N-ethyl adjacent to an activating group) is 1. The summed E-state index contributed by atoms with van der Waals surface area (Å²) in [6.45, 7) is 12.1. The van der Waals surface area contributed by atoms with Crippen LogP contribution in [0.15, 0.2) is 70.7 Å². The van der Waals surface area contributed by atoms with Gasteiger partial charge >= 0.3 is 0 Å². The zero-order valence-corrected chi connectivity index (χ0v) is 26.0. The van der Waals surface area contributed by atoms with Crippen molar-refractivity contribution in [3.63, 3.8) is 0 Å². The van der Waals surface area contributed by atoms with Crippen LogP contribution < -0.4 is 15.4 Å². The van der Waals surface area contributed by atoms with Crippen molar-refractivity contribution >= 4 is 42.0 Å². The van der Waals surface area contributed by atoms with Crippen molar-refractivity contribution in [3.8, 4) is 17.7 Å². The number of nitriles is 1. The first-order valence-corrected chi connectivity index (χ1v) is 14.9. The van der Waals surface area contributed by atoms with Crippen LogP contribution in [-0.4, -0.2) is 86.4 Å². The second-order valence-electron chi connectivity index (χ2n) is 10.4. The third-order valence-corrected chi connectivity index (χ3v) is 7.71. The molecule has 2 N–H and O–H groups in total. The molecule has 0 unspecified atom stereocenters. The summed E-state index contributed by atoms with van der Waals surface area (Å²) in [5.74, 6) is 1.35. The summed E-state index contributed by atoms with van der Waals surface area (Å²) >= 11 is 1.50. The number of carbonyl (C=O) groups is 2. The van der Waals surface area contributed by atoms with Gasteiger partial charge in [0.25, 0.3) is 5.91 Å². The Morgan fingerprint density at radius 1 is 1.16 bits per heavy atom. The van der Waals surface area contributed by atoms with Gasteiger partial charge in [-0.3, -0.25) is 14.7 Å². The molecular weight excluding hydrogens is 562 g/mol. The van der Waals surface area contributed by atoms with Gasteiger partial charge in [0.1, 0.15) is 17.1 Å². The number of rotatable bonds is 11. The minimum atomic E-state index is -0.682. The third kappa shape index (κ3) is 10.3. The van der Waals surface area contributed by atoms with Crippen LogP contribution in [-0.2, 0) is 10.2 Å². The number of aromatic nitrogens is 1. The van der Waals surface area contributed by atoms with Gasteiger partial charge in [0.05, 0.1) is 23.7 Å². The normalized spacial score (nSPS) is 13.7. The third-order valence-electron chi connectivity index (χ3n) is 6.71. The largest absolute Gasteiger partial charge is 0.439 e. The highest BCUT2D eigenvalue weighted by molar-refractivity contribution is 7.99. The van der Waals surface area contributed by atoms with Crippen LogP contribution >= 0.6 is 11.8 Å². The van der Waals surface area contributed by atoms with Crippen LogP contribution in [0.5, 0.6) is 11.6 Å². The molecule has 2 aromatic carbocycles. The molecule has 0 spiro atoms. The Morgan fingerprint density at radius 3 is 2.58 bits per heavy atom. The monoisotopic (exact) mass is 601 g/mol. The molecule has 0 aliphatic carbocycles. The number of nitrogens with zero attached hydrogens (tertiary/aromatic N) is 5. The molecule has 1 saturated heterocycles. The van der Waals surface area contributed by atoms with Crippen LogP contribution in [0.3, 0.4) is 0 Å². The van der Waals surface area contributed by atoms with E-state index in [4.69, 9.17) is 4.74 Å². The van der Waals surface area contributed by atoms with Crippen LogP contribution in [0.1, 0.15) is 29.8 Å². The number of pyridine rings is 1. The van der Waals surface area contributed by atoms with Gasteiger partial charge in [-0.2, -0.15) is 5.26 Å². The lowest BCUT2D eigenvalue weighted by molar-refractivity contribution is -0.109. The molecule has 226 valence electrons. The first-order chi connectivity index (χ1) is 20.7. The van der Waals surface area contributed by atoms with Gasteiger partial charge in [-0.1, -0.05) is 30.0 Å². The molecule has 1 aromatic heterocycles. The number of anilines is 1. The number of benzene rings is 2. The molecule has 2 heterocycles. The molecule has 0 saturated carbocycles. The van der Waals surface area contributed by atoms with Gasteiger partial charge in [-0.25, -0.2) is 4.98 Å². The highest BCUT2D eigenvalue weighted by Gasteiger charge is 2.21. The van der Waals surface area contributed by atoms with Crippen LogP contribution in [0.4, 0.5) is 11.4 Å². The van der Waals surface area contributed by atoms with Crippen molar-refractivity contribution < 1.29 is 14.3 Å². The quantitative estimate of drug-likeness (QED) is 0.136. The van der Waals surface area contributed by atoms with Gasteiger partial charge in [0.2, 0.25) is 5.88 Å². The fourth-order valence-corrected chi connectivity index (χ4v) is 4.77. The van der Waals surface area contributed by atoms with Crippen molar-refractivity contribution in [2.24, 2.45) is 4.99 Å². The summed E-state index contributed by atoms with van der Waals surface area (Å²) in [5, 5.41) is 16.0. The van der Waals surface area contributed by atoms with Crippen molar-refractivity contribution in [2.75, 3.05) is 58.0 Å². The van der Waals surface area contributed by atoms with E-state index in [0.29, 0.717) is 46.0 Å². The second-order valence-corrected chi connectivity index (χ2v) is 11.4. The molecule has 0 radical (unpaired) electrons. The average Bonchev–Trinajstić information content (AvgIpc) is 3.02. The van der Waals surface area contributed by atoms with Gasteiger partial charge < -0.3 is 25.1 Å². The summed E-state index contributed by atoms with van der Waals surface area (Å²) in [6, 6.07) is 19.9. The number of carbonyl (C=O) groups excluding carboxylic acids is 2. The predicted octanol–water partition coefficient (Wildman–Crippen LogP) is 4.96. The predicted molar refractivity (Wildman–Crippen MR) is 173 cm³/mol. The van der Waals surface area contributed by atoms with Crippen molar-refractivity contribution in [1.29, 1.82) is 5.26 Å². The summed E-state index contributed by atoms with van der Waals surface area (Å²) in [6.07, 6.45) is 0.978. The summed E-state index contributed by atoms with van der Waals surface area (Å²) in [4.78, 5) is 35.8. The molecule has 3 aromatic rings. The molecule has 10 nitrogen and oxygen atoms in total. The standard InChI is InChI=1S/C25H25N5O2S.C7H14N2O/c1-25(2,15-26)18-8-5-7-17(13-18)23(31)29-19-9-6-10-20(14-19)32-22-12-11-21(28-4)24(30-22)33-16-27-3;1-8-2-4-9(5-3-8)6-7-10/h5-14,27H,4,16H2,1-3H3,(H,29,31);7H,2-6H2,1H3. The van der Waals surface area contributed by atoms with E-state index >= 15 is 0 Å². The highest BCUT2D eigenvalue weighted by Crippen LogP contribution is 2.31. The molecule has 43 heavy (non-hydrogen) atoms. The Labute approximate surface area is 258 Å². The van der Waals surface area contributed by atoms with Crippen molar-refractivity contribution in [1.82, 2.24) is 20.1 Å². The Hall–Kier alpha value is -4.08. The molecule has 11 heteroatoms. The molecule has 1 fully saturated rings. The van der Waals surface area contributed by atoms with Crippen LogP contribution in [0.2, 0.25) is 0 Å². The minimum absolute atomic E-state index is 0.270. The van der Waals surface area contributed by atoms with Crippen molar-refractivity contribution in [3.05, 3.63) is 71.8 Å². The molecule has 4 rings (SSSR count). The number of ether oxygens (including phenoxy) is 1. The summed E-state index contributed by atoms with van der Waals surface area (Å²) in [7, 11) is 3.97. The van der Waals surface area contributed by atoms with Crippen LogP contribution in [0.25, 0.3) is 0 Å². The van der Waals surface area contributed by atoms with E-state index in [0.717, 1.165) is 38.0 Å². The maximum Gasteiger partial charge on any atom is 0.255 e. The number of piperazine rings is 1. The lowest BCUT2D eigenvalue weighted by Crippen LogP contribution is -2.44. The van der Waals surface area contributed by atoms with Gasteiger partial charge in [-0.15, -0.1) is 0 Å². The van der Waals surface area contributed by atoms with E-state index in [-0.39, 0.29) is 5.91 Å². The topological polar surface area (TPSA) is 123 Å². The lowest BCUT2D eigenvalue weighted by Gasteiger charge is -2.30. The number of aliphatic imine (C=N–C) groups is 1. The van der Waals surface area contributed by atoms with E-state index < -0.39 is 5.41 Å². The number of hydrogen-bond donors (Lipinski definition) is 2. The number of thioether (sulfide) groups is 1. The Kier molecular flexibility index (Phi) is 12.8. The van der Waals surface area contributed by atoms with Gasteiger partial charge in [-0.05, 0) is 70.6 Å². The second kappa shape index (κ2) is 16.5. The van der Waals surface area contributed by atoms with Crippen molar-refractivity contribution in [2.45, 2.75) is 24.3 Å². The molecule has 1 amide bonds. The lowest BCUT2D eigenvalue weighted by atomic mass is 9.85. The maximum absolute atomic E-state index is 12.8. The van der Waals surface area contributed by atoms with E-state index in [1.54, 1.807) is 54.6 Å². The Morgan fingerprint density at radius 2 is 1.91 bits per heavy atom. The van der Waals surface area contributed by atoms with Gasteiger partial charge in [0, 0.05) is 55.4 Å². The van der Waals surface area contributed by atoms with E-state index in [1.165, 1.54) is 11.8 Å². The Bertz CT molecular complexity index is 1430. The molecular formula is C32H39N7O3S. The number of aldehydes is 1. The van der Waals surface area contributed by atoms with E-state index in [2.05, 4.69) is 50.2 Å².